The average Bonchev–Trinajstić information content (AvgIpc) is 2.99. The SMILES string of the molecule is Cc1cc(Br)cc(C)c1-n1cc2c(=O)[nH]c(-c3cccnn3)nc2n1. The molecule has 0 aliphatic rings. The summed E-state index contributed by atoms with van der Waals surface area (Å²) in [5.74, 6) is 0.347. The van der Waals surface area contributed by atoms with Crippen molar-refractivity contribution < 1.29 is 0 Å². The Morgan fingerprint density at radius 3 is 2.64 bits per heavy atom. The second kappa shape index (κ2) is 5.89. The van der Waals surface area contributed by atoms with Gasteiger partial charge in [-0.15, -0.1) is 10.2 Å². The Morgan fingerprint density at radius 2 is 1.96 bits per heavy atom. The summed E-state index contributed by atoms with van der Waals surface area (Å²) in [5, 5.41) is 12.7. The number of benzene rings is 1. The van der Waals surface area contributed by atoms with E-state index in [1.807, 2.05) is 26.0 Å². The van der Waals surface area contributed by atoms with Crippen LogP contribution in [0.1, 0.15) is 11.1 Å². The molecule has 0 aliphatic carbocycles. The second-order valence-corrected chi connectivity index (χ2v) is 6.64. The first kappa shape index (κ1) is 15.6. The fourth-order valence-corrected chi connectivity index (χ4v) is 3.53. The minimum absolute atomic E-state index is 0.260. The quantitative estimate of drug-likeness (QED) is 0.562. The highest BCUT2D eigenvalue weighted by Crippen LogP contribution is 2.24. The summed E-state index contributed by atoms with van der Waals surface area (Å²) in [6.07, 6.45) is 3.26. The summed E-state index contributed by atoms with van der Waals surface area (Å²) >= 11 is 3.49. The Kier molecular flexibility index (Phi) is 3.69. The largest absolute Gasteiger partial charge is 0.304 e. The van der Waals surface area contributed by atoms with Gasteiger partial charge in [-0.25, -0.2) is 9.67 Å². The van der Waals surface area contributed by atoms with Crippen LogP contribution in [0, 0.1) is 13.8 Å². The van der Waals surface area contributed by atoms with Crippen molar-refractivity contribution in [2.75, 3.05) is 0 Å². The van der Waals surface area contributed by atoms with Gasteiger partial charge in [-0.05, 0) is 49.2 Å². The zero-order valence-corrected chi connectivity index (χ0v) is 15.1. The Morgan fingerprint density at radius 1 is 1.20 bits per heavy atom. The molecule has 124 valence electrons. The van der Waals surface area contributed by atoms with Crippen molar-refractivity contribution in [2.24, 2.45) is 0 Å². The number of aromatic nitrogens is 6. The molecule has 0 radical (unpaired) electrons. The number of fused-ring (bicyclic) bond motifs is 1. The lowest BCUT2D eigenvalue weighted by Gasteiger charge is -2.10. The number of hydrogen-bond acceptors (Lipinski definition) is 5. The van der Waals surface area contributed by atoms with Gasteiger partial charge in [0.2, 0.25) is 0 Å². The second-order valence-electron chi connectivity index (χ2n) is 5.72. The molecule has 25 heavy (non-hydrogen) atoms. The number of nitrogens with zero attached hydrogens (tertiary/aromatic N) is 5. The molecule has 0 amide bonds. The van der Waals surface area contributed by atoms with Crippen molar-refractivity contribution >= 4 is 27.0 Å². The molecule has 0 atom stereocenters. The number of aromatic amines is 1. The number of aryl methyl sites for hydroxylation is 2. The normalized spacial score (nSPS) is 11.2. The molecule has 3 heterocycles. The van der Waals surface area contributed by atoms with E-state index in [4.69, 9.17) is 0 Å². The molecule has 0 unspecified atom stereocenters. The van der Waals surface area contributed by atoms with Gasteiger partial charge in [0.05, 0.1) is 5.69 Å². The Bertz CT molecular complexity index is 1130. The standard InChI is InChI=1S/C17H13BrN6O/c1-9-6-11(18)7-10(2)14(9)24-8-12-15(23-24)20-16(21-17(12)25)13-4-3-5-19-22-13/h3-8H,1-2H3,(H,20,21,23,25). The molecule has 0 bridgehead atoms. The third-order valence-electron chi connectivity index (χ3n) is 3.89. The van der Waals surface area contributed by atoms with Crippen LogP contribution >= 0.6 is 15.9 Å². The van der Waals surface area contributed by atoms with E-state index in [1.54, 1.807) is 29.2 Å². The first-order valence-electron chi connectivity index (χ1n) is 7.58. The third kappa shape index (κ3) is 2.74. The van der Waals surface area contributed by atoms with E-state index in [1.165, 1.54) is 0 Å². The smallest absolute Gasteiger partial charge is 0.262 e. The van der Waals surface area contributed by atoms with E-state index in [0.29, 0.717) is 22.6 Å². The maximum Gasteiger partial charge on any atom is 0.262 e. The lowest BCUT2D eigenvalue weighted by Crippen LogP contribution is -2.09. The number of rotatable bonds is 2. The van der Waals surface area contributed by atoms with Crippen LogP contribution in [-0.4, -0.2) is 29.9 Å². The highest BCUT2D eigenvalue weighted by atomic mass is 79.9. The van der Waals surface area contributed by atoms with Gasteiger partial charge in [-0.3, -0.25) is 4.79 Å². The van der Waals surface area contributed by atoms with Crippen LogP contribution in [0.25, 0.3) is 28.2 Å². The molecule has 0 fully saturated rings. The van der Waals surface area contributed by atoms with Crippen molar-refractivity contribution in [1.82, 2.24) is 29.9 Å². The van der Waals surface area contributed by atoms with E-state index in [-0.39, 0.29) is 5.56 Å². The molecule has 4 rings (SSSR count). The van der Waals surface area contributed by atoms with Crippen molar-refractivity contribution in [3.05, 3.63) is 62.6 Å². The molecule has 1 N–H and O–H groups in total. The van der Waals surface area contributed by atoms with Crippen LogP contribution in [0.3, 0.4) is 0 Å². The molecule has 0 aliphatic heterocycles. The van der Waals surface area contributed by atoms with Crippen molar-refractivity contribution in [2.45, 2.75) is 13.8 Å². The lowest BCUT2D eigenvalue weighted by atomic mass is 10.1. The molecule has 0 saturated heterocycles. The van der Waals surface area contributed by atoms with Gasteiger partial charge in [0, 0.05) is 16.9 Å². The van der Waals surface area contributed by atoms with Crippen molar-refractivity contribution in [3.8, 4) is 17.2 Å². The van der Waals surface area contributed by atoms with Crippen LogP contribution in [-0.2, 0) is 0 Å². The number of halogens is 1. The minimum atomic E-state index is -0.260. The van der Waals surface area contributed by atoms with E-state index in [2.05, 4.69) is 41.2 Å². The predicted octanol–water partition coefficient (Wildman–Crippen LogP) is 2.95. The average molecular weight is 397 g/mol. The van der Waals surface area contributed by atoms with Gasteiger partial charge in [0.1, 0.15) is 11.1 Å². The van der Waals surface area contributed by atoms with Crippen LogP contribution in [0.2, 0.25) is 0 Å². The zero-order valence-electron chi connectivity index (χ0n) is 13.5. The van der Waals surface area contributed by atoms with Crippen molar-refractivity contribution in [1.29, 1.82) is 0 Å². The predicted molar refractivity (Wildman–Crippen MR) is 97.7 cm³/mol. The van der Waals surface area contributed by atoms with E-state index in [0.717, 1.165) is 21.3 Å². The fourth-order valence-electron chi connectivity index (χ4n) is 2.84. The molecule has 1 aromatic carbocycles. The monoisotopic (exact) mass is 396 g/mol. The van der Waals surface area contributed by atoms with E-state index < -0.39 is 0 Å². The number of hydrogen-bond donors (Lipinski definition) is 1. The lowest BCUT2D eigenvalue weighted by molar-refractivity contribution is 0.872. The fraction of sp³-hybridized carbons (Fsp3) is 0.118. The molecule has 8 heteroatoms. The summed E-state index contributed by atoms with van der Waals surface area (Å²) in [5.41, 5.74) is 3.62. The minimum Gasteiger partial charge on any atom is -0.304 e. The Balaban J connectivity index is 1.92. The van der Waals surface area contributed by atoms with Crippen LogP contribution < -0.4 is 5.56 Å². The molecule has 0 saturated carbocycles. The highest BCUT2D eigenvalue weighted by molar-refractivity contribution is 9.10. The van der Waals surface area contributed by atoms with Gasteiger partial charge in [-0.1, -0.05) is 15.9 Å². The molecule has 7 nitrogen and oxygen atoms in total. The summed E-state index contributed by atoms with van der Waals surface area (Å²) in [6.45, 7) is 4.00. The van der Waals surface area contributed by atoms with Gasteiger partial charge in [0.15, 0.2) is 11.5 Å². The molecule has 4 aromatic rings. The summed E-state index contributed by atoms with van der Waals surface area (Å²) < 4.78 is 2.70. The zero-order chi connectivity index (χ0) is 17.6. The van der Waals surface area contributed by atoms with E-state index in [9.17, 15) is 4.79 Å². The maximum atomic E-state index is 12.4. The summed E-state index contributed by atoms with van der Waals surface area (Å²) in [6, 6.07) is 7.49. The van der Waals surface area contributed by atoms with E-state index >= 15 is 0 Å². The molecule has 0 spiro atoms. The van der Waals surface area contributed by atoms with Gasteiger partial charge in [0.25, 0.3) is 5.56 Å². The van der Waals surface area contributed by atoms with Crippen LogP contribution in [0.15, 0.2) is 45.9 Å². The Labute approximate surface area is 150 Å². The highest BCUT2D eigenvalue weighted by Gasteiger charge is 2.14. The van der Waals surface area contributed by atoms with Gasteiger partial charge >= 0.3 is 0 Å². The summed E-state index contributed by atoms with van der Waals surface area (Å²) in [7, 11) is 0. The number of H-pyrrole nitrogens is 1. The molecule has 3 aromatic heterocycles. The topological polar surface area (TPSA) is 89.4 Å². The third-order valence-corrected chi connectivity index (χ3v) is 4.35. The van der Waals surface area contributed by atoms with Crippen molar-refractivity contribution in [3.63, 3.8) is 0 Å². The van der Waals surface area contributed by atoms with Gasteiger partial charge < -0.3 is 4.98 Å². The molecular weight excluding hydrogens is 384 g/mol. The van der Waals surface area contributed by atoms with Crippen LogP contribution in [0.4, 0.5) is 0 Å². The first-order valence-corrected chi connectivity index (χ1v) is 8.37. The summed E-state index contributed by atoms with van der Waals surface area (Å²) in [4.78, 5) is 19.6. The first-order chi connectivity index (χ1) is 12.0. The van der Waals surface area contributed by atoms with Gasteiger partial charge in [-0.2, -0.15) is 5.10 Å². The maximum absolute atomic E-state index is 12.4. The molecular formula is C17H13BrN6O. The van der Waals surface area contributed by atoms with Crippen LogP contribution in [0.5, 0.6) is 0 Å². The number of nitrogens with one attached hydrogen (secondary N) is 1. The Hall–Kier alpha value is -2.87.